The normalized spacial score (nSPS) is 27.9. The minimum atomic E-state index is -1.98. The van der Waals surface area contributed by atoms with Crippen LogP contribution in [0.3, 0.4) is 0 Å². The number of hydrogen-bond donors (Lipinski definition) is 12. The Morgan fingerprint density at radius 2 is 0.720 bits per heavy atom. The van der Waals surface area contributed by atoms with E-state index in [1.54, 1.807) is 6.08 Å². The zero-order valence-electron chi connectivity index (χ0n) is 57.5. The van der Waals surface area contributed by atoms with Crippen molar-refractivity contribution >= 4 is 5.91 Å². The van der Waals surface area contributed by atoms with Gasteiger partial charge in [0.05, 0.1) is 38.6 Å². The van der Waals surface area contributed by atoms with Crippen LogP contribution in [0.1, 0.15) is 271 Å². The summed E-state index contributed by atoms with van der Waals surface area (Å²) in [6.45, 7) is 1.72. The van der Waals surface area contributed by atoms with Crippen LogP contribution in [0.5, 0.6) is 0 Å². The number of hydrogen-bond acceptors (Lipinski definition) is 18. The number of allylic oxidation sites excluding steroid dienone is 9. The van der Waals surface area contributed by atoms with Crippen molar-refractivity contribution in [1.29, 1.82) is 0 Å². The topological polar surface area (TPSA) is 307 Å². The quantitative estimate of drug-likeness (QED) is 0.0199. The molecule has 0 aliphatic carbocycles. The molecule has 12 N–H and O–H groups in total. The molecule has 19 heteroatoms. The molecule has 17 atom stereocenters. The molecule has 3 aliphatic rings. The number of rotatable bonds is 57. The number of amides is 1. The molecule has 0 radical (unpaired) electrons. The Bertz CT molecular complexity index is 1920. The van der Waals surface area contributed by atoms with Crippen LogP contribution in [0.15, 0.2) is 60.8 Å². The molecular weight excluding hydrogens is 1190 g/mol. The van der Waals surface area contributed by atoms with E-state index in [0.717, 1.165) is 51.4 Å². The van der Waals surface area contributed by atoms with Crippen LogP contribution >= 0.6 is 0 Å². The molecule has 0 aromatic heterocycles. The lowest BCUT2D eigenvalue weighted by atomic mass is 9.96. The highest BCUT2D eigenvalue weighted by atomic mass is 16.8. The fourth-order valence-corrected chi connectivity index (χ4v) is 12.3. The number of ether oxygens (including phenoxy) is 6. The highest BCUT2D eigenvalue weighted by Crippen LogP contribution is 2.33. The first-order chi connectivity index (χ1) is 45.3. The third-order valence-corrected chi connectivity index (χ3v) is 18.3. The summed E-state index contributed by atoms with van der Waals surface area (Å²) in [4.78, 5) is 13.4. The first kappa shape index (κ1) is 84.7. The molecule has 1 amide bonds. The van der Waals surface area contributed by atoms with Crippen LogP contribution in [-0.2, 0) is 33.2 Å². The minimum absolute atomic E-state index is 0.230. The van der Waals surface area contributed by atoms with E-state index in [1.807, 2.05) is 6.08 Å². The van der Waals surface area contributed by atoms with Gasteiger partial charge >= 0.3 is 0 Å². The fourth-order valence-electron chi connectivity index (χ4n) is 12.3. The highest BCUT2D eigenvalue weighted by molar-refractivity contribution is 5.76. The Hall–Kier alpha value is -2.51. The summed E-state index contributed by atoms with van der Waals surface area (Å²) in [5.41, 5.74) is 0. The smallest absolute Gasteiger partial charge is 0.220 e. The third kappa shape index (κ3) is 36.8. The molecule has 3 heterocycles. The van der Waals surface area contributed by atoms with Crippen LogP contribution in [0, 0.1) is 0 Å². The van der Waals surface area contributed by atoms with E-state index in [9.17, 15) is 61.0 Å². The van der Waals surface area contributed by atoms with Crippen LogP contribution in [0.25, 0.3) is 0 Å². The Balaban J connectivity index is 1.44. The first-order valence-electron chi connectivity index (χ1n) is 37.0. The molecule has 3 fully saturated rings. The lowest BCUT2D eigenvalue weighted by Crippen LogP contribution is -2.66. The average molecular weight is 1320 g/mol. The van der Waals surface area contributed by atoms with Crippen molar-refractivity contribution in [1.82, 2.24) is 5.32 Å². The zero-order valence-corrected chi connectivity index (χ0v) is 57.5. The Morgan fingerprint density at radius 3 is 1.14 bits per heavy atom. The highest BCUT2D eigenvalue weighted by Gasteiger charge is 2.53. The second-order valence-corrected chi connectivity index (χ2v) is 26.4. The summed E-state index contributed by atoms with van der Waals surface area (Å²) in [5, 5.41) is 121. The second-order valence-electron chi connectivity index (χ2n) is 26.4. The SMILES string of the molecule is CCCCCCC/C=C\C/C=C\CCCCCCCCCCCCCCCC(=O)NC(COC1OC(CO)C(OC2OC(CO)C(OC3OC(CO)C(O)C(O)C3O)C(O)C2O)C(O)C1O)C(O)/C=C/CC/C=C/CC/C=C/CCCCCCCCCCCCCCC. The molecule has 0 aromatic rings. The Kier molecular flexibility index (Phi) is 50.4. The van der Waals surface area contributed by atoms with Gasteiger partial charge in [0.2, 0.25) is 5.91 Å². The van der Waals surface area contributed by atoms with E-state index in [-0.39, 0.29) is 18.9 Å². The van der Waals surface area contributed by atoms with Gasteiger partial charge in [-0.25, -0.2) is 0 Å². The van der Waals surface area contributed by atoms with E-state index >= 15 is 0 Å². The minimum Gasteiger partial charge on any atom is -0.394 e. The molecule has 0 spiro atoms. The molecule has 17 unspecified atom stereocenters. The van der Waals surface area contributed by atoms with Gasteiger partial charge in [0.25, 0.3) is 0 Å². The van der Waals surface area contributed by atoms with Crippen molar-refractivity contribution in [2.45, 2.75) is 375 Å². The maximum Gasteiger partial charge on any atom is 0.220 e. The van der Waals surface area contributed by atoms with Gasteiger partial charge in [0, 0.05) is 6.42 Å². The molecule has 3 saturated heterocycles. The van der Waals surface area contributed by atoms with Gasteiger partial charge in [-0.15, -0.1) is 0 Å². The lowest BCUT2D eigenvalue weighted by molar-refractivity contribution is -0.379. The average Bonchev–Trinajstić information content (AvgIpc) is 0.819. The molecule has 542 valence electrons. The molecular formula is C74H133NO18. The standard InChI is InChI=1S/C74H133NO18/c1-3-5-7-9-11-13-15-17-19-21-23-25-27-28-30-32-34-36-38-40-42-44-46-48-50-52-62(80)75-57(58(79)51-49-47-45-43-41-39-37-35-33-31-29-26-24-22-20-18-16-14-12-10-8-6-4-2)56-88-72-68(86)65(83)70(60(54-77)90-72)93-74-69(87)66(84)71(61(55-78)91-74)92-73-67(85)64(82)63(81)59(53-76)89-73/h15,17,21,23,33,35,41,43,49,51,57-61,63-74,76-79,81-87H,3-14,16,18-20,22,24-32,34,36-40,42,44-48,50,52-56H2,1-2H3,(H,75,80)/b17-15-,23-21-,35-33+,43-41+,51-49+. The fraction of sp³-hybridized carbons (Fsp3) is 0.851. The summed E-state index contributed by atoms with van der Waals surface area (Å²) in [7, 11) is 0. The maximum absolute atomic E-state index is 13.4. The van der Waals surface area contributed by atoms with Crippen molar-refractivity contribution in [2.75, 3.05) is 26.4 Å². The van der Waals surface area contributed by atoms with E-state index < -0.39 is 124 Å². The lowest BCUT2D eigenvalue weighted by Gasteiger charge is -2.48. The van der Waals surface area contributed by atoms with Crippen LogP contribution in [0.4, 0.5) is 0 Å². The van der Waals surface area contributed by atoms with Crippen molar-refractivity contribution in [3.05, 3.63) is 60.8 Å². The molecule has 19 nitrogen and oxygen atoms in total. The summed E-state index contributed by atoms with van der Waals surface area (Å²) in [5.74, 6) is -0.289. The Morgan fingerprint density at radius 1 is 0.387 bits per heavy atom. The van der Waals surface area contributed by atoms with Crippen LogP contribution in [-0.4, -0.2) is 193 Å². The molecule has 3 aliphatic heterocycles. The summed E-state index contributed by atoms with van der Waals surface area (Å²) in [6, 6.07) is -1.000. The largest absolute Gasteiger partial charge is 0.394 e. The predicted molar refractivity (Wildman–Crippen MR) is 365 cm³/mol. The number of carbonyl (C=O) groups is 1. The van der Waals surface area contributed by atoms with Crippen LogP contribution in [0.2, 0.25) is 0 Å². The number of carbonyl (C=O) groups excluding carboxylic acids is 1. The van der Waals surface area contributed by atoms with E-state index in [0.29, 0.717) is 12.8 Å². The van der Waals surface area contributed by atoms with E-state index in [1.165, 1.54) is 186 Å². The molecule has 93 heavy (non-hydrogen) atoms. The van der Waals surface area contributed by atoms with Gasteiger partial charge in [0.1, 0.15) is 73.2 Å². The maximum atomic E-state index is 13.4. The van der Waals surface area contributed by atoms with E-state index in [2.05, 4.69) is 67.8 Å². The summed E-state index contributed by atoms with van der Waals surface area (Å²) >= 11 is 0. The van der Waals surface area contributed by atoms with Crippen molar-refractivity contribution in [3.8, 4) is 0 Å². The van der Waals surface area contributed by atoms with Gasteiger partial charge in [-0.3, -0.25) is 4.79 Å². The molecule has 0 bridgehead atoms. The molecule has 3 rings (SSSR count). The van der Waals surface area contributed by atoms with Crippen molar-refractivity contribution in [3.63, 3.8) is 0 Å². The summed E-state index contributed by atoms with van der Waals surface area (Å²) in [6.07, 6.45) is 42.0. The van der Waals surface area contributed by atoms with Gasteiger partial charge < -0.3 is 89.9 Å². The monoisotopic (exact) mass is 1320 g/mol. The zero-order chi connectivity index (χ0) is 67.5. The van der Waals surface area contributed by atoms with Gasteiger partial charge in [-0.05, 0) is 77.0 Å². The third-order valence-electron chi connectivity index (χ3n) is 18.3. The first-order valence-corrected chi connectivity index (χ1v) is 37.0. The summed E-state index contributed by atoms with van der Waals surface area (Å²) < 4.78 is 34.4. The predicted octanol–water partition coefficient (Wildman–Crippen LogP) is 10.7. The van der Waals surface area contributed by atoms with Gasteiger partial charge in [-0.2, -0.15) is 0 Å². The van der Waals surface area contributed by atoms with Crippen molar-refractivity contribution < 1.29 is 89.4 Å². The Labute approximate surface area is 560 Å². The van der Waals surface area contributed by atoms with Crippen LogP contribution < -0.4 is 5.32 Å². The number of aliphatic hydroxyl groups excluding tert-OH is 11. The number of unbranched alkanes of at least 4 members (excludes halogenated alkanes) is 33. The second kappa shape index (κ2) is 55.4. The number of aliphatic hydroxyl groups is 11. The van der Waals surface area contributed by atoms with E-state index in [4.69, 9.17) is 28.4 Å². The number of nitrogens with one attached hydrogen (secondary N) is 1. The molecule has 0 aromatic carbocycles. The molecule has 0 saturated carbocycles. The van der Waals surface area contributed by atoms with Gasteiger partial charge in [-0.1, -0.05) is 248 Å². The van der Waals surface area contributed by atoms with Gasteiger partial charge in [0.15, 0.2) is 18.9 Å². The van der Waals surface area contributed by atoms with Crippen molar-refractivity contribution in [2.24, 2.45) is 0 Å².